The Kier molecular flexibility index (Phi) is 7.20. The van der Waals surface area contributed by atoms with E-state index in [4.69, 9.17) is 16.3 Å². The van der Waals surface area contributed by atoms with Gasteiger partial charge in [0.15, 0.2) is 0 Å². The molecule has 0 saturated carbocycles. The van der Waals surface area contributed by atoms with Crippen LogP contribution in [-0.2, 0) is 22.4 Å². The first kappa shape index (κ1) is 18.0. The molecule has 1 atom stereocenters. The van der Waals surface area contributed by atoms with Gasteiger partial charge in [0.1, 0.15) is 6.23 Å². The number of carbonyl (C=O) groups excluding carboxylic acids is 1. The molecule has 0 aromatic heterocycles. The molecular formula is C17H26ClNO2. The van der Waals surface area contributed by atoms with Crippen molar-refractivity contribution < 1.29 is 9.53 Å². The number of benzene rings is 1. The van der Waals surface area contributed by atoms with Crippen LogP contribution in [0.25, 0.3) is 0 Å². The Bertz CT molecular complexity index is 488. The zero-order chi connectivity index (χ0) is 16.0. The van der Waals surface area contributed by atoms with Crippen LogP contribution in [-0.4, -0.2) is 18.7 Å². The van der Waals surface area contributed by atoms with Gasteiger partial charge in [0.2, 0.25) is 5.91 Å². The number of hydrogen-bond acceptors (Lipinski definition) is 2. The number of rotatable bonds is 7. The third kappa shape index (κ3) is 4.21. The molecule has 1 amide bonds. The molecule has 0 heterocycles. The minimum absolute atomic E-state index is 0.0229. The summed E-state index contributed by atoms with van der Waals surface area (Å²) in [5.41, 5.74) is 3.06. The van der Waals surface area contributed by atoms with Crippen molar-refractivity contribution in [1.82, 2.24) is 0 Å². The molecule has 0 N–H and O–H groups in total. The maximum atomic E-state index is 12.2. The van der Waals surface area contributed by atoms with E-state index in [1.165, 1.54) is 0 Å². The number of halogens is 1. The van der Waals surface area contributed by atoms with Crippen molar-refractivity contribution in [2.45, 2.75) is 60.1 Å². The van der Waals surface area contributed by atoms with Gasteiger partial charge in [-0.25, -0.2) is 0 Å². The first-order valence-corrected chi connectivity index (χ1v) is 8.07. The molecule has 4 heteroatoms. The molecule has 0 spiro atoms. The zero-order valence-corrected chi connectivity index (χ0v) is 14.5. The van der Waals surface area contributed by atoms with Gasteiger partial charge in [-0.05, 0) is 43.4 Å². The lowest BCUT2D eigenvalue weighted by molar-refractivity contribution is -0.119. The fourth-order valence-corrected chi connectivity index (χ4v) is 2.83. The van der Waals surface area contributed by atoms with Gasteiger partial charge in [0.25, 0.3) is 0 Å². The van der Waals surface area contributed by atoms with Crippen LogP contribution in [0.1, 0.15) is 52.2 Å². The predicted octanol–water partition coefficient (Wildman–Crippen LogP) is 4.59. The van der Waals surface area contributed by atoms with E-state index in [0.717, 1.165) is 36.1 Å². The van der Waals surface area contributed by atoms with Crippen LogP contribution >= 0.6 is 11.6 Å². The Hall–Kier alpha value is -1.06. The highest BCUT2D eigenvalue weighted by Gasteiger charge is 2.25. The van der Waals surface area contributed by atoms with Gasteiger partial charge in [-0.1, -0.05) is 38.4 Å². The number of ether oxygens (including phenoxy) is 1. The largest absolute Gasteiger partial charge is 0.358 e. The maximum absolute atomic E-state index is 12.2. The summed E-state index contributed by atoms with van der Waals surface area (Å²) in [4.78, 5) is 13.9. The molecule has 21 heavy (non-hydrogen) atoms. The third-order valence-corrected chi connectivity index (χ3v) is 3.90. The van der Waals surface area contributed by atoms with Crippen molar-refractivity contribution in [2.75, 3.05) is 11.5 Å². The topological polar surface area (TPSA) is 29.5 Å². The average molecular weight is 312 g/mol. The molecule has 1 aromatic carbocycles. The molecule has 0 aliphatic rings. The summed E-state index contributed by atoms with van der Waals surface area (Å²) in [5, 5.41) is 0.707. The molecule has 0 aliphatic carbocycles. The number of hydrogen-bond donors (Lipinski definition) is 0. The fraction of sp³-hybridized carbons (Fsp3) is 0.588. The lowest BCUT2D eigenvalue weighted by Gasteiger charge is -2.32. The molecule has 1 unspecified atom stereocenters. The lowest BCUT2D eigenvalue weighted by atomic mass is 10.0. The smallest absolute Gasteiger partial charge is 0.225 e. The SMILES string of the molecule is CCCOC(C)N(C(C)=O)c1c(CC)ccc(Cl)c1CC. The monoisotopic (exact) mass is 311 g/mol. The number of carbonyl (C=O) groups is 1. The lowest BCUT2D eigenvalue weighted by Crippen LogP contribution is -2.40. The molecule has 3 nitrogen and oxygen atoms in total. The van der Waals surface area contributed by atoms with Crippen molar-refractivity contribution in [3.63, 3.8) is 0 Å². The molecule has 0 saturated heterocycles. The van der Waals surface area contributed by atoms with E-state index in [1.54, 1.807) is 11.8 Å². The second-order valence-corrected chi connectivity index (χ2v) is 5.51. The molecule has 1 rings (SSSR count). The van der Waals surface area contributed by atoms with E-state index in [0.29, 0.717) is 11.6 Å². The van der Waals surface area contributed by atoms with Crippen LogP contribution in [0.3, 0.4) is 0 Å². The Labute approximate surface area is 133 Å². The second kappa shape index (κ2) is 8.40. The Balaban J connectivity index is 3.36. The number of nitrogens with zero attached hydrogens (tertiary/aromatic N) is 1. The highest BCUT2D eigenvalue weighted by Crippen LogP contribution is 2.34. The maximum Gasteiger partial charge on any atom is 0.225 e. The molecule has 0 radical (unpaired) electrons. The van der Waals surface area contributed by atoms with Crippen molar-refractivity contribution in [1.29, 1.82) is 0 Å². The van der Waals surface area contributed by atoms with Crippen molar-refractivity contribution >= 4 is 23.2 Å². The van der Waals surface area contributed by atoms with E-state index >= 15 is 0 Å². The fourth-order valence-electron chi connectivity index (χ4n) is 2.54. The Morgan fingerprint density at radius 3 is 2.43 bits per heavy atom. The minimum Gasteiger partial charge on any atom is -0.358 e. The van der Waals surface area contributed by atoms with Crippen molar-refractivity contribution in [3.05, 3.63) is 28.3 Å². The van der Waals surface area contributed by atoms with Crippen LogP contribution in [0, 0.1) is 0 Å². The van der Waals surface area contributed by atoms with Gasteiger partial charge in [0, 0.05) is 18.6 Å². The van der Waals surface area contributed by atoms with Gasteiger partial charge in [0.05, 0.1) is 5.69 Å². The Morgan fingerprint density at radius 2 is 1.95 bits per heavy atom. The van der Waals surface area contributed by atoms with Gasteiger partial charge in [-0.3, -0.25) is 9.69 Å². The number of aryl methyl sites for hydroxylation is 1. The summed E-state index contributed by atoms with van der Waals surface area (Å²) in [6.07, 6.45) is 2.26. The molecule has 0 fully saturated rings. The summed E-state index contributed by atoms with van der Waals surface area (Å²) >= 11 is 6.34. The van der Waals surface area contributed by atoms with Gasteiger partial charge in [-0.15, -0.1) is 0 Å². The summed E-state index contributed by atoms with van der Waals surface area (Å²) in [6, 6.07) is 3.91. The van der Waals surface area contributed by atoms with Gasteiger partial charge < -0.3 is 4.74 Å². The van der Waals surface area contributed by atoms with Gasteiger partial charge >= 0.3 is 0 Å². The molecule has 118 valence electrons. The summed E-state index contributed by atoms with van der Waals surface area (Å²) in [5.74, 6) is -0.0229. The van der Waals surface area contributed by atoms with Crippen molar-refractivity contribution in [2.24, 2.45) is 0 Å². The predicted molar refractivity (Wildman–Crippen MR) is 89.1 cm³/mol. The van der Waals surface area contributed by atoms with Crippen LogP contribution in [0.5, 0.6) is 0 Å². The van der Waals surface area contributed by atoms with Crippen LogP contribution in [0.2, 0.25) is 5.02 Å². The summed E-state index contributed by atoms with van der Waals surface area (Å²) < 4.78 is 5.77. The average Bonchev–Trinajstić information content (AvgIpc) is 2.45. The first-order chi connectivity index (χ1) is 9.97. The van der Waals surface area contributed by atoms with E-state index in [9.17, 15) is 4.79 Å². The zero-order valence-electron chi connectivity index (χ0n) is 13.7. The van der Waals surface area contributed by atoms with Crippen LogP contribution in [0.15, 0.2) is 12.1 Å². The molecule has 1 aromatic rings. The summed E-state index contributed by atoms with van der Waals surface area (Å²) in [7, 11) is 0. The first-order valence-electron chi connectivity index (χ1n) is 7.69. The van der Waals surface area contributed by atoms with E-state index in [-0.39, 0.29) is 12.1 Å². The second-order valence-electron chi connectivity index (χ2n) is 5.10. The van der Waals surface area contributed by atoms with Crippen LogP contribution in [0.4, 0.5) is 5.69 Å². The van der Waals surface area contributed by atoms with Crippen LogP contribution < -0.4 is 4.90 Å². The van der Waals surface area contributed by atoms with E-state index < -0.39 is 0 Å². The highest BCUT2D eigenvalue weighted by atomic mass is 35.5. The van der Waals surface area contributed by atoms with Crippen molar-refractivity contribution in [3.8, 4) is 0 Å². The number of anilines is 1. The highest BCUT2D eigenvalue weighted by molar-refractivity contribution is 6.32. The standard InChI is InChI=1S/C17H26ClNO2/c1-6-11-21-13(5)19(12(4)20)17-14(7-2)9-10-16(18)15(17)8-3/h9-10,13H,6-8,11H2,1-5H3. The minimum atomic E-state index is -0.295. The van der Waals surface area contributed by atoms with Gasteiger partial charge in [-0.2, -0.15) is 0 Å². The summed E-state index contributed by atoms with van der Waals surface area (Å²) in [6.45, 7) is 10.3. The van der Waals surface area contributed by atoms with E-state index in [1.807, 2.05) is 19.1 Å². The van der Waals surface area contributed by atoms with E-state index in [2.05, 4.69) is 20.8 Å². The Morgan fingerprint density at radius 1 is 1.29 bits per heavy atom. The third-order valence-electron chi connectivity index (χ3n) is 3.55. The normalized spacial score (nSPS) is 12.3. The number of amides is 1. The molecule has 0 aliphatic heterocycles. The quantitative estimate of drug-likeness (QED) is 0.689. The molecule has 0 bridgehead atoms. The molecular weight excluding hydrogens is 286 g/mol.